The van der Waals surface area contributed by atoms with E-state index < -0.39 is 0 Å². The summed E-state index contributed by atoms with van der Waals surface area (Å²) in [6, 6.07) is 8.26. The molecule has 2 rings (SSSR count). The van der Waals surface area contributed by atoms with Crippen molar-refractivity contribution in [3.8, 4) is 5.75 Å². The van der Waals surface area contributed by atoms with Crippen LogP contribution in [0.25, 0.3) is 0 Å². The van der Waals surface area contributed by atoms with Gasteiger partial charge < -0.3 is 15.0 Å². The fourth-order valence-electron chi connectivity index (χ4n) is 2.48. The highest BCUT2D eigenvalue weighted by Crippen LogP contribution is 2.35. The van der Waals surface area contributed by atoms with Gasteiger partial charge in [-0.3, -0.25) is 0 Å². The summed E-state index contributed by atoms with van der Waals surface area (Å²) in [4.78, 5) is 2.45. The second-order valence-electron chi connectivity index (χ2n) is 6.31. The minimum Gasteiger partial charge on any atom is -0.495 e. The van der Waals surface area contributed by atoms with Crippen molar-refractivity contribution in [3.05, 3.63) is 24.3 Å². The van der Waals surface area contributed by atoms with Crippen LogP contribution >= 0.6 is 0 Å². The average molecular weight is 248 g/mol. The number of methoxy groups -OCH3 is 1. The highest BCUT2D eigenvalue weighted by molar-refractivity contribution is 5.60. The molecule has 1 aliphatic heterocycles. The van der Waals surface area contributed by atoms with Crippen LogP contribution in [0.15, 0.2) is 24.3 Å². The molecule has 3 heteroatoms. The van der Waals surface area contributed by atoms with Crippen LogP contribution in [0.5, 0.6) is 5.75 Å². The summed E-state index contributed by atoms with van der Waals surface area (Å²) in [5.41, 5.74) is 1.39. The maximum atomic E-state index is 5.50. The zero-order valence-electron chi connectivity index (χ0n) is 12.1. The second-order valence-corrected chi connectivity index (χ2v) is 6.31. The molecule has 1 saturated heterocycles. The van der Waals surface area contributed by atoms with Gasteiger partial charge in [-0.05, 0) is 39.8 Å². The molecule has 1 aromatic rings. The summed E-state index contributed by atoms with van der Waals surface area (Å²) in [7, 11) is 1.74. The minimum absolute atomic E-state index is 0.0875. The maximum absolute atomic E-state index is 5.50. The number of benzene rings is 1. The molecule has 0 aliphatic carbocycles. The number of para-hydroxylation sites is 2. The van der Waals surface area contributed by atoms with E-state index in [4.69, 9.17) is 4.74 Å². The Balaban J connectivity index is 2.39. The third-order valence-corrected chi connectivity index (χ3v) is 3.66. The lowest BCUT2D eigenvalue weighted by Gasteiger charge is -2.51. The van der Waals surface area contributed by atoms with Crippen LogP contribution in [0.2, 0.25) is 0 Å². The third kappa shape index (κ3) is 2.46. The number of anilines is 1. The number of hydrogen-bond acceptors (Lipinski definition) is 3. The molecule has 1 fully saturated rings. The van der Waals surface area contributed by atoms with E-state index in [2.05, 4.69) is 50.0 Å². The Hall–Kier alpha value is -1.22. The van der Waals surface area contributed by atoms with Gasteiger partial charge in [-0.25, -0.2) is 0 Å². The normalized spacial score (nSPS) is 21.7. The first-order valence-corrected chi connectivity index (χ1v) is 6.51. The predicted octanol–water partition coefficient (Wildman–Crippen LogP) is 2.66. The second kappa shape index (κ2) is 4.47. The molecule has 1 N–H and O–H groups in total. The van der Waals surface area contributed by atoms with Crippen molar-refractivity contribution in [2.24, 2.45) is 0 Å². The topological polar surface area (TPSA) is 24.5 Å². The molecule has 1 heterocycles. The van der Waals surface area contributed by atoms with Gasteiger partial charge in [0.2, 0.25) is 0 Å². The van der Waals surface area contributed by atoms with Crippen LogP contribution in [0.4, 0.5) is 5.69 Å². The smallest absolute Gasteiger partial charge is 0.142 e. The first-order valence-electron chi connectivity index (χ1n) is 6.51. The number of ether oxygens (including phenoxy) is 1. The van der Waals surface area contributed by atoms with Crippen molar-refractivity contribution >= 4 is 5.69 Å². The first kappa shape index (κ1) is 13.2. The van der Waals surface area contributed by atoms with Gasteiger partial charge in [0.25, 0.3) is 0 Å². The van der Waals surface area contributed by atoms with E-state index in [0.717, 1.165) is 18.8 Å². The Morgan fingerprint density at radius 3 is 2.50 bits per heavy atom. The summed E-state index contributed by atoms with van der Waals surface area (Å²) in [5.74, 6) is 0.947. The fourth-order valence-corrected chi connectivity index (χ4v) is 2.48. The zero-order chi connectivity index (χ0) is 13.4. The zero-order valence-corrected chi connectivity index (χ0v) is 12.1. The van der Waals surface area contributed by atoms with Gasteiger partial charge >= 0.3 is 0 Å². The molecule has 0 bridgehead atoms. The summed E-state index contributed by atoms with van der Waals surface area (Å²) in [6.07, 6.45) is 0. The van der Waals surface area contributed by atoms with E-state index in [9.17, 15) is 0 Å². The lowest BCUT2D eigenvalue weighted by molar-refractivity contribution is 0.258. The number of nitrogens with one attached hydrogen (secondary N) is 1. The van der Waals surface area contributed by atoms with Crippen molar-refractivity contribution in [1.29, 1.82) is 0 Å². The van der Waals surface area contributed by atoms with E-state index in [1.807, 2.05) is 12.1 Å². The SMILES string of the molecule is COc1ccccc1N1CC(C)(C)NCC1(C)C. The predicted molar refractivity (Wildman–Crippen MR) is 76.5 cm³/mol. The molecule has 0 aromatic heterocycles. The molecule has 0 spiro atoms. The Kier molecular flexibility index (Phi) is 3.28. The molecule has 1 aromatic carbocycles. The lowest BCUT2D eigenvalue weighted by atomic mass is 9.90. The van der Waals surface area contributed by atoms with Gasteiger partial charge in [-0.15, -0.1) is 0 Å². The highest BCUT2D eigenvalue weighted by atomic mass is 16.5. The lowest BCUT2D eigenvalue weighted by Crippen LogP contribution is -2.66. The van der Waals surface area contributed by atoms with E-state index in [-0.39, 0.29) is 11.1 Å². The van der Waals surface area contributed by atoms with Crippen LogP contribution < -0.4 is 15.0 Å². The number of piperazine rings is 1. The molecule has 100 valence electrons. The molecule has 1 aliphatic rings. The highest BCUT2D eigenvalue weighted by Gasteiger charge is 2.38. The summed E-state index contributed by atoms with van der Waals surface area (Å²) in [6.45, 7) is 11.0. The Bertz CT molecular complexity index is 426. The minimum atomic E-state index is 0.0875. The van der Waals surface area contributed by atoms with Gasteiger partial charge in [-0.2, -0.15) is 0 Å². The van der Waals surface area contributed by atoms with E-state index >= 15 is 0 Å². The van der Waals surface area contributed by atoms with E-state index in [1.54, 1.807) is 7.11 Å². The quantitative estimate of drug-likeness (QED) is 0.871. The number of nitrogens with zero attached hydrogens (tertiary/aromatic N) is 1. The molecule has 0 saturated carbocycles. The molecule has 0 radical (unpaired) electrons. The molecule has 0 unspecified atom stereocenters. The van der Waals surface area contributed by atoms with Gasteiger partial charge in [0.15, 0.2) is 0 Å². The van der Waals surface area contributed by atoms with Crippen LogP contribution in [0, 0.1) is 0 Å². The Labute approximate surface area is 110 Å². The number of hydrogen-bond donors (Lipinski definition) is 1. The third-order valence-electron chi connectivity index (χ3n) is 3.66. The van der Waals surface area contributed by atoms with Gasteiger partial charge in [0.1, 0.15) is 5.75 Å². The summed E-state index contributed by atoms with van der Waals surface area (Å²) in [5, 5.41) is 3.60. The molecule has 0 amide bonds. The maximum Gasteiger partial charge on any atom is 0.142 e. The first-order chi connectivity index (χ1) is 8.36. The van der Waals surface area contributed by atoms with Crippen molar-refractivity contribution in [1.82, 2.24) is 5.32 Å². The Morgan fingerprint density at radius 2 is 1.83 bits per heavy atom. The van der Waals surface area contributed by atoms with Crippen molar-refractivity contribution < 1.29 is 4.74 Å². The van der Waals surface area contributed by atoms with Crippen LogP contribution in [-0.4, -0.2) is 31.3 Å². The van der Waals surface area contributed by atoms with Gasteiger partial charge in [-0.1, -0.05) is 12.1 Å². The number of rotatable bonds is 2. The molecular weight excluding hydrogens is 224 g/mol. The van der Waals surface area contributed by atoms with E-state index in [1.165, 1.54) is 5.69 Å². The molecule has 3 nitrogen and oxygen atoms in total. The summed E-state index contributed by atoms with van der Waals surface area (Å²) >= 11 is 0. The van der Waals surface area contributed by atoms with Gasteiger partial charge in [0.05, 0.1) is 12.8 Å². The Morgan fingerprint density at radius 1 is 1.17 bits per heavy atom. The van der Waals surface area contributed by atoms with Crippen LogP contribution in [0.1, 0.15) is 27.7 Å². The summed E-state index contributed by atoms with van der Waals surface area (Å²) < 4.78 is 5.50. The molecule has 0 atom stereocenters. The van der Waals surface area contributed by atoms with Crippen molar-refractivity contribution in [3.63, 3.8) is 0 Å². The van der Waals surface area contributed by atoms with Crippen LogP contribution in [0.3, 0.4) is 0 Å². The van der Waals surface area contributed by atoms with E-state index in [0.29, 0.717) is 0 Å². The van der Waals surface area contributed by atoms with Crippen molar-refractivity contribution in [2.75, 3.05) is 25.1 Å². The monoisotopic (exact) mass is 248 g/mol. The molecule has 18 heavy (non-hydrogen) atoms. The molecular formula is C15H24N2O. The van der Waals surface area contributed by atoms with Crippen molar-refractivity contribution in [2.45, 2.75) is 38.8 Å². The standard InChI is InChI=1S/C15H24N2O/c1-14(2)11-17(15(3,4)10-16-14)12-8-6-7-9-13(12)18-5/h6-9,16H,10-11H2,1-5H3. The average Bonchev–Trinajstić information content (AvgIpc) is 2.33. The van der Waals surface area contributed by atoms with Crippen LogP contribution in [-0.2, 0) is 0 Å². The fraction of sp³-hybridized carbons (Fsp3) is 0.600. The van der Waals surface area contributed by atoms with Gasteiger partial charge in [0, 0.05) is 24.2 Å². The largest absolute Gasteiger partial charge is 0.495 e.